The maximum Gasteiger partial charge on any atom is 0.254 e. The predicted octanol–water partition coefficient (Wildman–Crippen LogP) is 0.470. The van der Waals surface area contributed by atoms with Gasteiger partial charge in [0.05, 0.1) is 11.8 Å². The summed E-state index contributed by atoms with van der Waals surface area (Å²) in [4.78, 5) is 24.0. The highest BCUT2D eigenvalue weighted by atomic mass is 32.2. The monoisotopic (exact) mass is 331 g/mol. The molecule has 0 aliphatic carbocycles. The van der Waals surface area contributed by atoms with Gasteiger partial charge < -0.3 is 10.6 Å². The van der Waals surface area contributed by atoms with Crippen LogP contribution in [0.1, 0.15) is 23.2 Å². The Morgan fingerprint density at radius 3 is 2.76 bits per heavy atom. The van der Waals surface area contributed by atoms with E-state index in [1.54, 1.807) is 11.4 Å². The number of thiophene rings is 1. The summed E-state index contributed by atoms with van der Waals surface area (Å²) in [5, 5.41) is 7.28. The van der Waals surface area contributed by atoms with E-state index in [0.29, 0.717) is 30.0 Å². The van der Waals surface area contributed by atoms with Gasteiger partial charge in [0.2, 0.25) is 15.9 Å². The summed E-state index contributed by atoms with van der Waals surface area (Å²) >= 11 is 1.23. The molecule has 9 heteroatoms. The minimum atomic E-state index is -3.41. The quantitative estimate of drug-likeness (QED) is 0.838. The van der Waals surface area contributed by atoms with Crippen LogP contribution in [-0.4, -0.2) is 50.4 Å². The molecule has 1 saturated heterocycles. The van der Waals surface area contributed by atoms with Crippen LogP contribution in [0.5, 0.6) is 0 Å². The number of hydrogen-bond donors (Lipinski definition) is 2. The molecule has 2 N–H and O–H groups in total. The Balaban J connectivity index is 2.15. The second-order valence-corrected chi connectivity index (χ2v) is 7.61. The van der Waals surface area contributed by atoms with E-state index in [-0.39, 0.29) is 5.91 Å². The number of anilines is 1. The second-order valence-electron chi connectivity index (χ2n) is 4.76. The van der Waals surface area contributed by atoms with E-state index in [4.69, 9.17) is 0 Å². The third kappa shape index (κ3) is 3.42. The van der Waals surface area contributed by atoms with Gasteiger partial charge in [0.15, 0.2) is 0 Å². The SMILES string of the molecule is CNC(=O)c1ccsc1NC(=O)C1CCCN1S(C)(=O)=O. The lowest BCUT2D eigenvalue weighted by molar-refractivity contribution is -0.119. The summed E-state index contributed by atoms with van der Waals surface area (Å²) in [6.45, 7) is 0.351. The number of hydrogen-bond acceptors (Lipinski definition) is 5. The van der Waals surface area contributed by atoms with Crippen molar-refractivity contribution in [2.45, 2.75) is 18.9 Å². The first-order valence-electron chi connectivity index (χ1n) is 6.42. The molecule has 0 saturated carbocycles. The number of amides is 2. The Morgan fingerprint density at radius 1 is 1.43 bits per heavy atom. The Kier molecular flexibility index (Phi) is 4.64. The Bertz CT molecular complexity index is 653. The van der Waals surface area contributed by atoms with E-state index < -0.39 is 22.0 Å². The molecule has 1 aliphatic heterocycles. The van der Waals surface area contributed by atoms with Gasteiger partial charge in [0.25, 0.3) is 5.91 Å². The van der Waals surface area contributed by atoms with Crippen LogP contribution in [0.15, 0.2) is 11.4 Å². The first kappa shape index (κ1) is 15.9. The molecule has 7 nitrogen and oxygen atoms in total. The van der Waals surface area contributed by atoms with Crippen LogP contribution in [0.4, 0.5) is 5.00 Å². The first-order valence-corrected chi connectivity index (χ1v) is 9.14. The van der Waals surface area contributed by atoms with Crippen molar-refractivity contribution in [3.05, 3.63) is 17.0 Å². The molecular formula is C12H17N3O4S2. The Labute approximate surface area is 127 Å². The number of rotatable bonds is 4. The van der Waals surface area contributed by atoms with E-state index in [2.05, 4.69) is 10.6 Å². The first-order chi connectivity index (χ1) is 9.84. The zero-order valence-electron chi connectivity index (χ0n) is 11.8. The molecule has 0 bridgehead atoms. The Morgan fingerprint density at radius 2 is 2.14 bits per heavy atom. The van der Waals surface area contributed by atoms with Gasteiger partial charge in [-0.25, -0.2) is 8.42 Å². The van der Waals surface area contributed by atoms with Crippen LogP contribution in [0.25, 0.3) is 0 Å². The van der Waals surface area contributed by atoms with Crippen LogP contribution >= 0.6 is 11.3 Å². The third-order valence-corrected chi connectivity index (χ3v) is 5.42. The molecule has 0 spiro atoms. The average Bonchev–Trinajstić information content (AvgIpc) is 3.05. The molecule has 1 fully saturated rings. The molecule has 21 heavy (non-hydrogen) atoms. The molecule has 2 heterocycles. The molecule has 1 aromatic heterocycles. The highest BCUT2D eigenvalue weighted by Crippen LogP contribution is 2.26. The van der Waals surface area contributed by atoms with E-state index in [1.807, 2.05) is 0 Å². The zero-order chi connectivity index (χ0) is 15.6. The number of nitrogens with one attached hydrogen (secondary N) is 2. The average molecular weight is 331 g/mol. The van der Waals surface area contributed by atoms with Crippen molar-refractivity contribution in [1.82, 2.24) is 9.62 Å². The molecule has 1 unspecified atom stereocenters. The summed E-state index contributed by atoms with van der Waals surface area (Å²) in [6, 6.07) is 0.905. The summed E-state index contributed by atoms with van der Waals surface area (Å²) in [7, 11) is -1.90. The maximum atomic E-state index is 12.3. The van der Waals surface area contributed by atoms with Gasteiger partial charge in [-0.2, -0.15) is 4.31 Å². The second kappa shape index (κ2) is 6.12. The molecule has 2 rings (SSSR count). The van der Waals surface area contributed by atoms with Crippen molar-refractivity contribution in [3.8, 4) is 0 Å². The Hall–Kier alpha value is -1.45. The standard InChI is InChI=1S/C12H17N3O4S2/c1-13-10(16)8-5-7-20-12(8)14-11(17)9-4-3-6-15(9)21(2,18)19/h5,7,9H,3-4,6H2,1-2H3,(H,13,16)(H,14,17). The van der Waals surface area contributed by atoms with E-state index in [0.717, 1.165) is 6.26 Å². The van der Waals surface area contributed by atoms with Gasteiger partial charge in [-0.3, -0.25) is 9.59 Å². The number of nitrogens with zero attached hydrogens (tertiary/aromatic N) is 1. The normalized spacial score (nSPS) is 19.4. The molecule has 116 valence electrons. The van der Waals surface area contributed by atoms with Crippen molar-refractivity contribution < 1.29 is 18.0 Å². The fraction of sp³-hybridized carbons (Fsp3) is 0.500. The summed E-state index contributed by atoms with van der Waals surface area (Å²) in [5.41, 5.74) is 0.375. The maximum absolute atomic E-state index is 12.3. The van der Waals surface area contributed by atoms with Gasteiger partial charge in [-0.15, -0.1) is 11.3 Å². The summed E-state index contributed by atoms with van der Waals surface area (Å²) in [5.74, 6) is -0.691. The van der Waals surface area contributed by atoms with Gasteiger partial charge in [-0.05, 0) is 24.3 Å². The molecule has 0 radical (unpaired) electrons. The third-order valence-electron chi connectivity index (χ3n) is 3.31. The minimum absolute atomic E-state index is 0.294. The van der Waals surface area contributed by atoms with Gasteiger partial charge in [-0.1, -0.05) is 0 Å². The van der Waals surface area contributed by atoms with E-state index in [1.165, 1.54) is 22.7 Å². The number of carbonyl (C=O) groups excluding carboxylic acids is 2. The lowest BCUT2D eigenvalue weighted by Crippen LogP contribution is -2.42. The lowest BCUT2D eigenvalue weighted by atomic mass is 10.2. The molecule has 1 aliphatic rings. The van der Waals surface area contributed by atoms with Crippen LogP contribution in [-0.2, 0) is 14.8 Å². The summed E-state index contributed by atoms with van der Waals surface area (Å²) < 4.78 is 24.5. The van der Waals surface area contributed by atoms with E-state index in [9.17, 15) is 18.0 Å². The highest BCUT2D eigenvalue weighted by Gasteiger charge is 2.36. The van der Waals surface area contributed by atoms with Crippen LogP contribution < -0.4 is 10.6 Å². The number of carbonyl (C=O) groups is 2. The molecule has 2 amide bonds. The molecule has 1 aromatic rings. The fourth-order valence-corrected chi connectivity index (χ4v) is 4.23. The van der Waals surface area contributed by atoms with Crippen LogP contribution in [0, 0.1) is 0 Å². The van der Waals surface area contributed by atoms with E-state index >= 15 is 0 Å². The van der Waals surface area contributed by atoms with Crippen molar-refractivity contribution >= 4 is 38.2 Å². The smallest absolute Gasteiger partial charge is 0.254 e. The van der Waals surface area contributed by atoms with Crippen molar-refractivity contribution in [2.24, 2.45) is 0 Å². The van der Waals surface area contributed by atoms with Crippen LogP contribution in [0.3, 0.4) is 0 Å². The van der Waals surface area contributed by atoms with Crippen molar-refractivity contribution in [2.75, 3.05) is 25.2 Å². The van der Waals surface area contributed by atoms with Gasteiger partial charge in [0, 0.05) is 13.6 Å². The van der Waals surface area contributed by atoms with Gasteiger partial charge >= 0.3 is 0 Å². The van der Waals surface area contributed by atoms with Crippen molar-refractivity contribution in [1.29, 1.82) is 0 Å². The largest absolute Gasteiger partial charge is 0.355 e. The molecule has 0 aromatic carbocycles. The highest BCUT2D eigenvalue weighted by molar-refractivity contribution is 7.88. The topological polar surface area (TPSA) is 95.6 Å². The minimum Gasteiger partial charge on any atom is -0.355 e. The van der Waals surface area contributed by atoms with Crippen molar-refractivity contribution in [3.63, 3.8) is 0 Å². The zero-order valence-corrected chi connectivity index (χ0v) is 13.4. The predicted molar refractivity (Wildman–Crippen MR) is 80.9 cm³/mol. The van der Waals surface area contributed by atoms with Crippen LogP contribution in [0.2, 0.25) is 0 Å². The number of sulfonamides is 1. The fourth-order valence-electron chi connectivity index (χ4n) is 2.31. The lowest BCUT2D eigenvalue weighted by Gasteiger charge is -2.21. The van der Waals surface area contributed by atoms with Gasteiger partial charge in [0.1, 0.15) is 11.0 Å². The molecular weight excluding hydrogens is 314 g/mol. The molecule has 1 atom stereocenters. The summed E-state index contributed by atoms with van der Waals surface area (Å²) in [6.07, 6.45) is 2.23.